The van der Waals surface area contributed by atoms with Crippen molar-refractivity contribution in [1.29, 1.82) is 0 Å². The molecule has 21 heavy (non-hydrogen) atoms. The number of para-hydroxylation sites is 1. The smallest absolute Gasteiger partial charge is 0.134 e. The van der Waals surface area contributed by atoms with E-state index in [0.717, 1.165) is 21.8 Å². The van der Waals surface area contributed by atoms with Crippen molar-refractivity contribution in [2.75, 3.05) is 5.32 Å². The van der Waals surface area contributed by atoms with Gasteiger partial charge in [0.1, 0.15) is 28.2 Å². The van der Waals surface area contributed by atoms with Gasteiger partial charge in [0, 0.05) is 17.8 Å². The largest absolute Gasteiger partial charge is 0.457 e. The molecule has 0 radical (unpaired) electrons. The predicted molar refractivity (Wildman–Crippen MR) is 86.0 cm³/mol. The molecule has 1 heterocycles. The molecule has 0 spiro atoms. The molecule has 2 aromatic carbocycles. The number of benzene rings is 2. The molecule has 0 aliphatic rings. The zero-order chi connectivity index (χ0) is 14.5. The van der Waals surface area contributed by atoms with Gasteiger partial charge in [-0.3, -0.25) is 0 Å². The van der Waals surface area contributed by atoms with Crippen molar-refractivity contribution < 1.29 is 4.74 Å². The number of anilines is 2. The normalized spacial score (nSPS) is 10.1. The lowest BCUT2D eigenvalue weighted by Gasteiger charge is -2.09. The maximum Gasteiger partial charge on any atom is 0.134 e. The van der Waals surface area contributed by atoms with Crippen LogP contribution < -0.4 is 10.1 Å². The molecular formula is C16H12BrN3O. The third kappa shape index (κ3) is 3.79. The number of hydrogen-bond acceptors (Lipinski definition) is 4. The van der Waals surface area contributed by atoms with E-state index < -0.39 is 0 Å². The van der Waals surface area contributed by atoms with Crippen LogP contribution >= 0.6 is 15.9 Å². The lowest BCUT2D eigenvalue weighted by Crippen LogP contribution is -1.94. The summed E-state index contributed by atoms with van der Waals surface area (Å²) < 4.78 is 6.53. The first-order chi connectivity index (χ1) is 10.3. The molecule has 0 amide bonds. The summed E-state index contributed by atoms with van der Waals surface area (Å²) in [5, 5.41) is 3.21. The molecule has 3 rings (SSSR count). The fraction of sp³-hybridized carbons (Fsp3) is 0. The molecule has 0 aliphatic carbocycles. The van der Waals surface area contributed by atoms with Crippen molar-refractivity contribution in [3.8, 4) is 11.5 Å². The fourth-order valence-corrected chi connectivity index (χ4v) is 2.12. The van der Waals surface area contributed by atoms with E-state index in [0.29, 0.717) is 5.82 Å². The second kappa shape index (κ2) is 6.37. The number of halogens is 1. The van der Waals surface area contributed by atoms with E-state index in [1.807, 2.05) is 60.7 Å². The van der Waals surface area contributed by atoms with Crippen LogP contribution in [0.25, 0.3) is 0 Å². The van der Waals surface area contributed by atoms with Crippen molar-refractivity contribution in [2.45, 2.75) is 0 Å². The SMILES string of the molecule is Brc1cc(Nc2cccc(Oc3ccccc3)c2)ncn1. The summed E-state index contributed by atoms with van der Waals surface area (Å²) in [5.74, 6) is 2.28. The predicted octanol–water partition coefficient (Wildman–Crippen LogP) is 4.78. The van der Waals surface area contributed by atoms with E-state index in [2.05, 4.69) is 31.2 Å². The highest BCUT2D eigenvalue weighted by atomic mass is 79.9. The summed E-state index contributed by atoms with van der Waals surface area (Å²) in [4.78, 5) is 8.15. The standard InChI is InChI=1S/C16H12BrN3O/c17-15-10-16(19-11-18-15)20-12-5-4-8-14(9-12)21-13-6-2-1-3-7-13/h1-11H,(H,18,19,20). The van der Waals surface area contributed by atoms with Crippen LogP contribution in [0.1, 0.15) is 0 Å². The van der Waals surface area contributed by atoms with Crippen LogP contribution in [0.5, 0.6) is 11.5 Å². The molecule has 1 aromatic heterocycles. The van der Waals surface area contributed by atoms with Crippen molar-refractivity contribution in [2.24, 2.45) is 0 Å². The summed E-state index contributed by atoms with van der Waals surface area (Å²) in [5.41, 5.74) is 0.897. The first-order valence-corrected chi connectivity index (χ1v) is 7.16. The average Bonchev–Trinajstić information content (AvgIpc) is 2.49. The van der Waals surface area contributed by atoms with E-state index in [1.54, 1.807) is 0 Å². The molecule has 0 aliphatic heterocycles. The topological polar surface area (TPSA) is 47.0 Å². The molecule has 104 valence electrons. The number of hydrogen-bond donors (Lipinski definition) is 1. The van der Waals surface area contributed by atoms with Gasteiger partial charge in [-0.2, -0.15) is 0 Å². The first kappa shape index (κ1) is 13.6. The van der Waals surface area contributed by atoms with Gasteiger partial charge in [-0.15, -0.1) is 0 Å². The minimum absolute atomic E-state index is 0.716. The Balaban J connectivity index is 1.77. The number of nitrogens with one attached hydrogen (secondary N) is 1. The molecule has 3 aromatic rings. The van der Waals surface area contributed by atoms with Gasteiger partial charge >= 0.3 is 0 Å². The molecule has 5 heteroatoms. The number of ether oxygens (including phenoxy) is 1. The Morgan fingerprint density at radius 3 is 2.48 bits per heavy atom. The van der Waals surface area contributed by atoms with Gasteiger partial charge in [0.05, 0.1) is 0 Å². The van der Waals surface area contributed by atoms with Crippen molar-refractivity contribution >= 4 is 27.4 Å². The number of aromatic nitrogens is 2. The van der Waals surface area contributed by atoms with E-state index in [9.17, 15) is 0 Å². The molecule has 0 saturated carbocycles. The summed E-state index contributed by atoms with van der Waals surface area (Å²) in [6.07, 6.45) is 1.50. The van der Waals surface area contributed by atoms with E-state index in [-0.39, 0.29) is 0 Å². The van der Waals surface area contributed by atoms with Gasteiger partial charge in [-0.05, 0) is 40.2 Å². The summed E-state index contributed by atoms with van der Waals surface area (Å²) in [7, 11) is 0. The van der Waals surface area contributed by atoms with Crippen molar-refractivity contribution in [3.05, 3.63) is 71.6 Å². The fourth-order valence-electron chi connectivity index (χ4n) is 1.81. The maximum atomic E-state index is 5.80. The molecule has 4 nitrogen and oxygen atoms in total. The third-order valence-electron chi connectivity index (χ3n) is 2.72. The molecule has 0 bridgehead atoms. The Labute approximate surface area is 131 Å². The van der Waals surface area contributed by atoms with Crippen LogP contribution in [0.2, 0.25) is 0 Å². The van der Waals surface area contributed by atoms with Crippen molar-refractivity contribution in [3.63, 3.8) is 0 Å². The Kier molecular flexibility index (Phi) is 4.12. The monoisotopic (exact) mass is 341 g/mol. The Hall–Kier alpha value is -2.40. The van der Waals surface area contributed by atoms with Crippen LogP contribution in [0.4, 0.5) is 11.5 Å². The van der Waals surface area contributed by atoms with Gasteiger partial charge in [0.25, 0.3) is 0 Å². The van der Waals surface area contributed by atoms with Gasteiger partial charge < -0.3 is 10.1 Å². The molecular weight excluding hydrogens is 330 g/mol. The second-order valence-electron chi connectivity index (χ2n) is 4.29. The minimum atomic E-state index is 0.716. The summed E-state index contributed by atoms with van der Waals surface area (Å²) in [6, 6.07) is 19.2. The van der Waals surface area contributed by atoms with Crippen LogP contribution in [-0.2, 0) is 0 Å². The van der Waals surface area contributed by atoms with Crippen LogP contribution in [-0.4, -0.2) is 9.97 Å². The molecule has 0 saturated heterocycles. The van der Waals surface area contributed by atoms with Crippen molar-refractivity contribution in [1.82, 2.24) is 9.97 Å². The lowest BCUT2D eigenvalue weighted by molar-refractivity contribution is 0.483. The Bertz CT molecular complexity index is 734. The van der Waals surface area contributed by atoms with Gasteiger partial charge in [-0.1, -0.05) is 24.3 Å². The molecule has 0 atom stereocenters. The van der Waals surface area contributed by atoms with E-state index in [1.165, 1.54) is 6.33 Å². The summed E-state index contributed by atoms with van der Waals surface area (Å²) >= 11 is 3.32. The highest BCUT2D eigenvalue weighted by Crippen LogP contribution is 2.25. The van der Waals surface area contributed by atoms with Gasteiger partial charge in [0.15, 0.2) is 0 Å². The quantitative estimate of drug-likeness (QED) is 0.694. The molecule has 0 fully saturated rings. The Morgan fingerprint density at radius 2 is 1.67 bits per heavy atom. The number of nitrogens with zero attached hydrogens (tertiary/aromatic N) is 2. The lowest BCUT2D eigenvalue weighted by atomic mass is 10.3. The van der Waals surface area contributed by atoms with Crippen LogP contribution in [0.3, 0.4) is 0 Å². The first-order valence-electron chi connectivity index (χ1n) is 6.37. The molecule has 1 N–H and O–H groups in total. The zero-order valence-electron chi connectivity index (χ0n) is 11.0. The van der Waals surface area contributed by atoms with Crippen LogP contribution in [0, 0.1) is 0 Å². The number of rotatable bonds is 4. The zero-order valence-corrected chi connectivity index (χ0v) is 12.6. The molecule has 0 unspecified atom stereocenters. The average molecular weight is 342 g/mol. The maximum absolute atomic E-state index is 5.80. The van der Waals surface area contributed by atoms with Crippen LogP contribution in [0.15, 0.2) is 71.6 Å². The van der Waals surface area contributed by atoms with E-state index in [4.69, 9.17) is 4.74 Å². The van der Waals surface area contributed by atoms with Gasteiger partial charge in [-0.25, -0.2) is 9.97 Å². The summed E-state index contributed by atoms with van der Waals surface area (Å²) in [6.45, 7) is 0. The minimum Gasteiger partial charge on any atom is -0.457 e. The van der Waals surface area contributed by atoms with E-state index >= 15 is 0 Å². The van der Waals surface area contributed by atoms with Gasteiger partial charge in [0.2, 0.25) is 0 Å². The Morgan fingerprint density at radius 1 is 0.857 bits per heavy atom. The highest BCUT2D eigenvalue weighted by Gasteiger charge is 2.01. The highest BCUT2D eigenvalue weighted by molar-refractivity contribution is 9.10. The second-order valence-corrected chi connectivity index (χ2v) is 5.11. The third-order valence-corrected chi connectivity index (χ3v) is 3.15.